The number of halogens is 1. The zero-order valence-corrected chi connectivity index (χ0v) is 8.10. The molecule has 0 atom stereocenters. The first-order valence-electron chi connectivity index (χ1n) is 3.67. The lowest BCUT2D eigenvalue weighted by Crippen LogP contribution is -2.14. The minimum atomic E-state index is -1.65. The molecule has 0 spiro atoms. The number of carboxylic acid groups (broad SMARTS) is 1. The number of aliphatic carboxylic acids is 1. The molecule has 1 rings (SSSR count). The highest BCUT2D eigenvalue weighted by atomic mass is 32.2. The molecule has 0 aliphatic rings. The van der Waals surface area contributed by atoms with Gasteiger partial charge in [0, 0.05) is 4.90 Å². The van der Waals surface area contributed by atoms with Gasteiger partial charge in [0.25, 0.3) is 5.78 Å². The SMILES string of the molecule is CSc1ccc(F)c(C(=O)C(=O)O)c1. The van der Waals surface area contributed by atoms with Gasteiger partial charge >= 0.3 is 5.97 Å². The standard InChI is InChI=1S/C9H7FO3S/c1-14-5-2-3-7(10)6(4-5)8(11)9(12)13/h2-4H,1H3,(H,12,13). The van der Waals surface area contributed by atoms with E-state index in [-0.39, 0.29) is 0 Å². The summed E-state index contributed by atoms with van der Waals surface area (Å²) in [5.41, 5.74) is -0.399. The van der Waals surface area contributed by atoms with Gasteiger partial charge in [0.1, 0.15) is 5.82 Å². The van der Waals surface area contributed by atoms with E-state index in [0.29, 0.717) is 4.90 Å². The monoisotopic (exact) mass is 214 g/mol. The summed E-state index contributed by atoms with van der Waals surface area (Å²) in [6, 6.07) is 3.80. The van der Waals surface area contributed by atoms with Crippen molar-refractivity contribution in [3.63, 3.8) is 0 Å². The number of rotatable bonds is 3. The van der Waals surface area contributed by atoms with E-state index < -0.39 is 23.1 Å². The van der Waals surface area contributed by atoms with Gasteiger partial charge in [-0.05, 0) is 24.5 Å². The Morgan fingerprint density at radius 1 is 1.43 bits per heavy atom. The molecule has 0 aliphatic carbocycles. The summed E-state index contributed by atoms with van der Waals surface area (Å²) in [5.74, 6) is -3.68. The van der Waals surface area contributed by atoms with Crippen LogP contribution in [-0.4, -0.2) is 23.1 Å². The maximum atomic E-state index is 13.0. The Labute approximate surface area is 83.9 Å². The number of carbonyl (C=O) groups is 2. The molecule has 0 aliphatic heterocycles. The van der Waals surface area contributed by atoms with Gasteiger partial charge in [0.05, 0.1) is 5.56 Å². The van der Waals surface area contributed by atoms with E-state index in [0.717, 1.165) is 6.07 Å². The molecule has 3 nitrogen and oxygen atoms in total. The van der Waals surface area contributed by atoms with Gasteiger partial charge in [0.15, 0.2) is 0 Å². The van der Waals surface area contributed by atoms with Gasteiger partial charge in [-0.15, -0.1) is 11.8 Å². The van der Waals surface area contributed by atoms with Crippen molar-refractivity contribution in [2.75, 3.05) is 6.26 Å². The van der Waals surface area contributed by atoms with Crippen molar-refractivity contribution in [1.29, 1.82) is 0 Å². The van der Waals surface area contributed by atoms with E-state index in [4.69, 9.17) is 5.11 Å². The van der Waals surface area contributed by atoms with E-state index in [1.807, 2.05) is 0 Å². The molecule has 0 aromatic heterocycles. The number of benzene rings is 1. The van der Waals surface area contributed by atoms with Crippen LogP contribution in [0, 0.1) is 5.82 Å². The van der Waals surface area contributed by atoms with Crippen LogP contribution in [-0.2, 0) is 4.79 Å². The Morgan fingerprint density at radius 3 is 2.57 bits per heavy atom. The van der Waals surface area contributed by atoms with E-state index in [9.17, 15) is 14.0 Å². The molecule has 1 N–H and O–H groups in total. The van der Waals surface area contributed by atoms with E-state index >= 15 is 0 Å². The van der Waals surface area contributed by atoms with Gasteiger partial charge < -0.3 is 5.11 Å². The number of thioether (sulfide) groups is 1. The Hall–Kier alpha value is -1.36. The summed E-state index contributed by atoms with van der Waals surface area (Å²) in [7, 11) is 0. The molecule has 0 radical (unpaired) electrons. The first-order chi connectivity index (χ1) is 6.56. The molecular formula is C9H7FO3S. The lowest BCUT2D eigenvalue weighted by molar-refractivity contribution is -0.131. The fourth-order valence-electron chi connectivity index (χ4n) is 0.921. The molecule has 0 fully saturated rings. The molecule has 0 saturated carbocycles. The van der Waals surface area contributed by atoms with Crippen LogP contribution in [0.2, 0.25) is 0 Å². The average molecular weight is 214 g/mol. The summed E-state index contributed by atoms with van der Waals surface area (Å²) in [6.07, 6.45) is 1.75. The maximum absolute atomic E-state index is 13.0. The van der Waals surface area contributed by atoms with E-state index in [1.165, 1.54) is 23.9 Å². The molecule has 14 heavy (non-hydrogen) atoms. The minimum absolute atomic E-state index is 0.399. The van der Waals surface area contributed by atoms with Crippen molar-refractivity contribution in [2.45, 2.75) is 4.90 Å². The van der Waals surface area contributed by atoms with Crippen LogP contribution in [0.5, 0.6) is 0 Å². The number of Topliss-reactive ketones (excluding diaryl/α,β-unsaturated/α-hetero) is 1. The van der Waals surface area contributed by atoms with Gasteiger partial charge in [0.2, 0.25) is 0 Å². The summed E-state index contributed by atoms with van der Waals surface area (Å²) in [6.45, 7) is 0. The van der Waals surface area contributed by atoms with Crippen LogP contribution < -0.4 is 0 Å². The number of carboxylic acids is 1. The molecule has 1 aromatic rings. The molecule has 5 heteroatoms. The fourth-order valence-corrected chi connectivity index (χ4v) is 1.36. The van der Waals surface area contributed by atoms with E-state index in [2.05, 4.69) is 0 Å². The molecule has 74 valence electrons. The lowest BCUT2D eigenvalue weighted by atomic mass is 10.1. The van der Waals surface area contributed by atoms with Crippen LogP contribution in [0.4, 0.5) is 4.39 Å². The molecule has 0 heterocycles. The quantitative estimate of drug-likeness (QED) is 0.473. The Bertz CT molecular complexity index is 390. The van der Waals surface area contributed by atoms with Gasteiger partial charge in [-0.3, -0.25) is 4.79 Å². The fraction of sp³-hybridized carbons (Fsp3) is 0.111. The third kappa shape index (κ3) is 2.11. The van der Waals surface area contributed by atoms with Gasteiger partial charge in [-0.25, -0.2) is 9.18 Å². The first kappa shape index (κ1) is 10.7. The smallest absolute Gasteiger partial charge is 0.377 e. The topological polar surface area (TPSA) is 54.4 Å². The van der Waals surface area contributed by atoms with Crippen LogP contribution in [0.25, 0.3) is 0 Å². The molecule has 0 amide bonds. The third-order valence-electron chi connectivity index (χ3n) is 1.61. The largest absolute Gasteiger partial charge is 0.475 e. The maximum Gasteiger partial charge on any atom is 0.377 e. The van der Waals surface area contributed by atoms with Crippen molar-refractivity contribution in [3.8, 4) is 0 Å². The highest BCUT2D eigenvalue weighted by molar-refractivity contribution is 7.98. The summed E-state index contributed by atoms with van der Waals surface area (Å²) >= 11 is 1.31. The van der Waals surface area contributed by atoms with Crippen molar-refractivity contribution in [3.05, 3.63) is 29.6 Å². The zero-order chi connectivity index (χ0) is 10.7. The van der Waals surface area contributed by atoms with Crippen molar-refractivity contribution < 1.29 is 19.1 Å². The molecule has 0 saturated heterocycles. The Kier molecular flexibility index (Phi) is 3.24. The second-order valence-corrected chi connectivity index (χ2v) is 3.36. The molecule has 0 unspecified atom stereocenters. The summed E-state index contributed by atoms with van der Waals surface area (Å²) < 4.78 is 13.0. The second kappa shape index (κ2) is 4.23. The Morgan fingerprint density at radius 2 is 2.07 bits per heavy atom. The molecule has 0 bridgehead atoms. The predicted molar refractivity (Wildman–Crippen MR) is 50.1 cm³/mol. The van der Waals surface area contributed by atoms with Gasteiger partial charge in [-0.2, -0.15) is 0 Å². The normalized spacial score (nSPS) is 9.86. The highest BCUT2D eigenvalue weighted by Gasteiger charge is 2.18. The zero-order valence-electron chi connectivity index (χ0n) is 7.28. The van der Waals surface area contributed by atoms with E-state index in [1.54, 1.807) is 6.26 Å². The van der Waals surface area contributed by atoms with Gasteiger partial charge in [-0.1, -0.05) is 0 Å². The minimum Gasteiger partial charge on any atom is -0.475 e. The second-order valence-electron chi connectivity index (χ2n) is 2.48. The lowest BCUT2D eigenvalue weighted by Gasteiger charge is -2.01. The molecule has 1 aromatic carbocycles. The number of hydrogen-bond acceptors (Lipinski definition) is 3. The number of hydrogen-bond donors (Lipinski definition) is 1. The Balaban J connectivity index is 3.19. The van der Waals surface area contributed by atoms with Crippen molar-refractivity contribution >= 4 is 23.5 Å². The predicted octanol–water partition coefficient (Wildman–Crippen LogP) is 1.81. The summed E-state index contributed by atoms with van der Waals surface area (Å²) in [4.78, 5) is 22.0. The van der Waals surface area contributed by atoms with Crippen LogP contribution >= 0.6 is 11.8 Å². The first-order valence-corrected chi connectivity index (χ1v) is 4.90. The third-order valence-corrected chi connectivity index (χ3v) is 2.34. The highest BCUT2D eigenvalue weighted by Crippen LogP contribution is 2.18. The van der Waals surface area contributed by atoms with Crippen molar-refractivity contribution in [2.24, 2.45) is 0 Å². The van der Waals surface area contributed by atoms with Crippen LogP contribution in [0.1, 0.15) is 10.4 Å². The average Bonchev–Trinajstić information content (AvgIpc) is 2.17. The van der Waals surface area contributed by atoms with Crippen LogP contribution in [0.3, 0.4) is 0 Å². The number of ketones is 1. The van der Waals surface area contributed by atoms with Crippen LogP contribution in [0.15, 0.2) is 23.1 Å². The summed E-state index contributed by atoms with van der Waals surface area (Å²) in [5, 5.41) is 8.40. The number of carbonyl (C=O) groups excluding carboxylic acids is 1. The molecular weight excluding hydrogens is 207 g/mol. The van der Waals surface area contributed by atoms with Crippen molar-refractivity contribution in [1.82, 2.24) is 0 Å².